The smallest absolute Gasteiger partial charge is 0.215 e. The van der Waals surface area contributed by atoms with Gasteiger partial charge in [0, 0.05) is 27.9 Å². The van der Waals surface area contributed by atoms with E-state index in [0.29, 0.717) is 5.56 Å². The highest BCUT2D eigenvalue weighted by molar-refractivity contribution is 7.07. The SMILES string of the molecule is Cc1cs/c(=N\N=C/c2ccccc2C=O)n1-c1ccccc1. The van der Waals surface area contributed by atoms with Crippen molar-refractivity contribution < 1.29 is 4.79 Å². The number of aldehydes is 1. The molecule has 0 spiro atoms. The molecule has 3 rings (SSSR count). The predicted molar refractivity (Wildman–Crippen MR) is 93.4 cm³/mol. The van der Waals surface area contributed by atoms with Gasteiger partial charge in [0.2, 0.25) is 4.80 Å². The summed E-state index contributed by atoms with van der Waals surface area (Å²) in [7, 11) is 0. The Morgan fingerprint density at radius 3 is 2.43 bits per heavy atom. The maximum atomic E-state index is 11.0. The number of benzene rings is 2. The molecular weight excluding hydrogens is 306 g/mol. The maximum Gasteiger partial charge on any atom is 0.215 e. The van der Waals surface area contributed by atoms with Crippen molar-refractivity contribution in [3.8, 4) is 5.69 Å². The Hall–Kier alpha value is -2.79. The highest BCUT2D eigenvalue weighted by atomic mass is 32.1. The first-order chi connectivity index (χ1) is 11.3. The standard InChI is InChI=1S/C18H15N3OS/c1-14-13-23-18(21(14)17-9-3-2-4-10-17)20-19-11-15-7-5-6-8-16(15)12-22/h2-13H,1H3/b19-11-,20-18-. The molecule has 0 amide bonds. The van der Waals surface area contributed by atoms with Crippen LogP contribution in [-0.2, 0) is 0 Å². The molecule has 0 radical (unpaired) electrons. The van der Waals surface area contributed by atoms with E-state index in [2.05, 4.69) is 10.2 Å². The van der Waals surface area contributed by atoms with Crippen molar-refractivity contribution >= 4 is 23.8 Å². The summed E-state index contributed by atoms with van der Waals surface area (Å²) < 4.78 is 2.05. The number of thiazole rings is 1. The first-order valence-corrected chi connectivity index (χ1v) is 8.01. The third kappa shape index (κ3) is 3.35. The molecule has 0 fully saturated rings. The van der Waals surface area contributed by atoms with Gasteiger partial charge >= 0.3 is 0 Å². The van der Waals surface area contributed by atoms with E-state index in [4.69, 9.17) is 0 Å². The average molecular weight is 321 g/mol. The minimum absolute atomic E-state index is 0.602. The summed E-state index contributed by atoms with van der Waals surface area (Å²) in [5.41, 5.74) is 3.51. The average Bonchev–Trinajstić information content (AvgIpc) is 2.97. The fraction of sp³-hybridized carbons (Fsp3) is 0.0556. The van der Waals surface area contributed by atoms with Crippen molar-refractivity contribution in [3.63, 3.8) is 0 Å². The number of hydrogen-bond donors (Lipinski definition) is 0. The quantitative estimate of drug-likeness (QED) is 0.411. The van der Waals surface area contributed by atoms with E-state index >= 15 is 0 Å². The van der Waals surface area contributed by atoms with Crippen LogP contribution in [0.15, 0.2) is 70.2 Å². The van der Waals surface area contributed by atoms with Gasteiger partial charge in [-0.3, -0.25) is 9.36 Å². The van der Waals surface area contributed by atoms with Crippen molar-refractivity contribution in [1.29, 1.82) is 0 Å². The number of aryl methyl sites for hydroxylation is 1. The second-order valence-corrected chi connectivity index (χ2v) is 5.76. The van der Waals surface area contributed by atoms with Gasteiger partial charge in [0.15, 0.2) is 6.29 Å². The molecular formula is C18H15N3OS. The van der Waals surface area contributed by atoms with Crippen molar-refractivity contribution in [3.05, 3.63) is 81.6 Å². The molecule has 0 aliphatic rings. The fourth-order valence-corrected chi connectivity index (χ4v) is 3.06. The van der Waals surface area contributed by atoms with Crippen LogP contribution in [0.4, 0.5) is 0 Å². The summed E-state index contributed by atoms with van der Waals surface area (Å²) in [6, 6.07) is 17.3. The molecule has 0 N–H and O–H groups in total. The zero-order chi connectivity index (χ0) is 16.1. The molecule has 4 nitrogen and oxygen atoms in total. The van der Waals surface area contributed by atoms with Crippen LogP contribution in [-0.4, -0.2) is 17.1 Å². The van der Waals surface area contributed by atoms with E-state index in [-0.39, 0.29) is 0 Å². The Morgan fingerprint density at radius 2 is 1.70 bits per heavy atom. The number of carbonyl (C=O) groups is 1. The molecule has 0 bridgehead atoms. The van der Waals surface area contributed by atoms with Crippen LogP contribution in [0.1, 0.15) is 21.6 Å². The summed E-state index contributed by atoms with van der Waals surface area (Å²) in [4.78, 5) is 11.8. The number of nitrogens with zero attached hydrogens (tertiary/aromatic N) is 3. The molecule has 5 heteroatoms. The van der Waals surface area contributed by atoms with Gasteiger partial charge in [0.1, 0.15) is 0 Å². The van der Waals surface area contributed by atoms with Crippen LogP contribution in [0.3, 0.4) is 0 Å². The third-order valence-corrected chi connectivity index (χ3v) is 4.29. The van der Waals surface area contributed by atoms with Crippen LogP contribution in [0, 0.1) is 6.92 Å². The van der Waals surface area contributed by atoms with Gasteiger partial charge < -0.3 is 0 Å². The number of aromatic nitrogens is 1. The normalized spacial score (nSPS) is 12.0. The molecule has 1 heterocycles. The van der Waals surface area contributed by atoms with Gasteiger partial charge in [-0.15, -0.1) is 16.4 Å². The van der Waals surface area contributed by atoms with E-state index in [1.54, 1.807) is 12.3 Å². The Kier molecular flexibility index (Phi) is 4.59. The molecule has 2 aromatic carbocycles. The zero-order valence-corrected chi connectivity index (χ0v) is 13.4. The maximum absolute atomic E-state index is 11.0. The Balaban J connectivity index is 1.98. The highest BCUT2D eigenvalue weighted by Crippen LogP contribution is 2.10. The van der Waals surface area contributed by atoms with Crippen LogP contribution < -0.4 is 4.80 Å². The number of para-hydroxylation sites is 1. The summed E-state index contributed by atoms with van der Waals surface area (Å²) in [6.45, 7) is 2.04. The Morgan fingerprint density at radius 1 is 1.00 bits per heavy atom. The minimum atomic E-state index is 0.602. The zero-order valence-electron chi connectivity index (χ0n) is 12.6. The Labute approximate surface area is 138 Å². The van der Waals surface area contributed by atoms with Gasteiger partial charge in [-0.1, -0.05) is 42.5 Å². The van der Waals surface area contributed by atoms with Crippen LogP contribution in [0.5, 0.6) is 0 Å². The lowest BCUT2D eigenvalue weighted by molar-refractivity contribution is 0.112. The molecule has 0 atom stereocenters. The van der Waals surface area contributed by atoms with Gasteiger partial charge in [0.25, 0.3) is 0 Å². The largest absolute Gasteiger partial charge is 0.298 e. The van der Waals surface area contributed by atoms with Crippen molar-refractivity contribution in [2.24, 2.45) is 10.2 Å². The molecule has 0 aliphatic heterocycles. The lowest BCUT2D eigenvalue weighted by atomic mass is 10.1. The summed E-state index contributed by atoms with van der Waals surface area (Å²) in [5.74, 6) is 0. The molecule has 1 aromatic heterocycles. The molecule has 0 unspecified atom stereocenters. The Bertz CT molecular complexity index is 907. The fourth-order valence-electron chi connectivity index (χ4n) is 2.23. The molecule has 0 saturated carbocycles. The first-order valence-electron chi connectivity index (χ1n) is 7.13. The molecule has 23 heavy (non-hydrogen) atoms. The van der Waals surface area contributed by atoms with E-state index in [1.165, 1.54) is 11.3 Å². The second kappa shape index (κ2) is 6.98. The van der Waals surface area contributed by atoms with Crippen LogP contribution in [0.25, 0.3) is 5.69 Å². The number of carbonyl (C=O) groups excluding carboxylic acids is 1. The summed E-state index contributed by atoms with van der Waals surface area (Å²) >= 11 is 1.53. The van der Waals surface area contributed by atoms with Crippen molar-refractivity contribution in [2.75, 3.05) is 0 Å². The molecule has 114 valence electrons. The van der Waals surface area contributed by atoms with Crippen molar-refractivity contribution in [1.82, 2.24) is 4.57 Å². The van der Waals surface area contributed by atoms with Gasteiger partial charge in [-0.2, -0.15) is 5.10 Å². The van der Waals surface area contributed by atoms with Crippen LogP contribution in [0.2, 0.25) is 0 Å². The van der Waals surface area contributed by atoms with E-state index in [9.17, 15) is 4.79 Å². The van der Waals surface area contributed by atoms with Crippen molar-refractivity contribution in [2.45, 2.75) is 6.92 Å². The molecule has 0 saturated heterocycles. The minimum Gasteiger partial charge on any atom is -0.298 e. The lowest BCUT2D eigenvalue weighted by Crippen LogP contribution is -2.13. The summed E-state index contributed by atoms with van der Waals surface area (Å²) in [6.07, 6.45) is 2.43. The van der Waals surface area contributed by atoms with E-state index < -0.39 is 0 Å². The monoisotopic (exact) mass is 321 g/mol. The first kappa shape index (κ1) is 15.1. The summed E-state index contributed by atoms with van der Waals surface area (Å²) in [5, 5.41) is 10.5. The molecule has 0 aliphatic carbocycles. The molecule has 3 aromatic rings. The number of hydrogen-bond acceptors (Lipinski definition) is 4. The van der Waals surface area contributed by atoms with Crippen LogP contribution >= 0.6 is 11.3 Å². The third-order valence-electron chi connectivity index (χ3n) is 3.36. The predicted octanol–water partition coefficient (Wildman–Crippen LogP) is 3.59. The topological polar surface area (TPSA) is 46.7 Å². The van der Waals surface area contributed by atoms with Gasteiger partial charge in [0.05, 0.1) is 6.21 Å². The second-order valence-electron chi connectivity index (χ2n) is 4.92. The highest BCUT2D eigenvalue weighted by Gasteiger charge is 2.03. The van der Waals surface area contributed by atoms with Gasteiger partial charge in [-0.25, -0.2) is 0 Å². The van der Waals surface area contributed by atoms with Gasteiger partial charge in [-0.05, 0) is 19.1 Å². The number of rotatable bonds is 4. The van der Waals surface area contributed by atoms with E-state index in [0.717, 1.165) is 28.0 Å². The lowest BCUT2D eigenvalue weighted by Gasteiger charge is -2.04. The van der Waals surface area contributed by atoms with E-state index in [1.807, 2.05) is 65.4 Å².